The van der Waals surface area contributed by atoms with E-state index in [2.05, 4.69) is 55.4 Å². The molecule has 0 aliphatic heterocycles. The molecule has 0 bridgehead atoms. The van der Waals surface area contributed by atoms with Gasteiger partial charge in [-0.3, -0.25) is 37.3 Å². The number of phosphoric acid groups is 2. The molecular weight excluding hydrogens is 1270 g/mol. The van der Waals surface area contributed by atoms with Crippen molar-refractivity contribution in [1.29, 1.82) is 0 Å². The van der Waals surface area contributed by atoms with Gasteiger partial charge in [0.1, 0.15) is 19.3 Å². The van der Waals surface area contributed by atoms with E-state index in [1.165, 1.54) is 199 Å². The van der Waals surface area contributed by atoms with Crippen LogP contribution < -0.4 is 0 Å². The zero-order chi connectivity index (χ0) is 71.7. The first-order chi connectivity index (χ1) is 46.6. The van der Waals surface area contributed by atoms with E-state index in [-0.39, 0.29) is 25.7 Å². The number of aliphatic hydroxyl groups excluding tert-OH is 1. The molecular formula is C78H152O17P2. The van der Waals surface area contributed by atoms with Crippen molar-refractivity contribution < 1.29 is 80.2 Å². The molecule has 97 heavy (non-hydrogen) atoms. The van der Waals surface area contributed by atoms with Crippen molar-refractivity contribution in [3.8, 4) is 0 Å². The Morgan fingerprint density at radius 1 is 0.258 bits per heavy atom. The highest BCUT2D eigenvalue weighted by atomic mass is 31.2. The second kappa shape index (κ2) is 67.2. The van der Waals surface area contributed by atoms with Gasteiger partial charge in [0, 0.05) is 25.7 Å². The molecule has 0 aromatic heterocycles. The minimum absolute atomic E-state index is 0.104. The van der Waals surface area contributed by atoms with Crippen LogP contribution in [0.1, 0.15) is 396 Å². The Balaban J connectivity index is 5.25. The third kappa shape index (κ3) is 72.2. The van der Waals surface area contributed by atoms with Crippen molar-refractivity contribution in [2.24, 2.45) is 23.7 Å². The number of aliphatic hydroxyl groups is 1. The number of rotatable bonds is 75. The van der Waals surface area contributed by atoms with Crippen LogP contribution in [-0.4, -0.2) is 96.7 Å². The fourth-order valence-electron chi connectivity index (χ4n) is 11.9. The summed E-state index contributed by atoms with van der Waals surface area (Å²) < 4.78 is 68.6. The Hall–Kier alpha value is -1.94. The lowest BCUT2D eigenvalue weighted by molar-refractivity contribution is -0.161. The van der Waals surface area contributed by atoms with Crippen molar-refractivity contribution in [2.75, 3.05) is 39.6 Å². The van der Waals surface area contributed by atoms with Gasteiger partial charge in [-0.15, -0.1) is 0 Å². The van der Waals surface area contributed by atoms with Crippen molar-refractivity contribution in [3.63, 3.8) is 0 Å². The maximum atomic E-state index is 13.1. The Morgan fingerprint density at radius 2 is 0.433 bits per heavy atom. The molecule has 0 aliphatic rings. The van der Waals surface area contributed by atoms with Gasteiger partial charge in [0.2, 0.25) is 0 Å². The standard InChI is InChI=1S/C78H152O17P2/c1-68(2)54-46-38-30-22-17-13-10-9-11-15-19-25-34-42-50-58-75(80)88-64-73(94-77(82)60-52-44-36-26-20-16-12-14-18-23-31-39-47-55-69(3)4)66-92-96(84,85)90-62-72(79)63-91-97(86,87)93-67-74(65-89-76(81)59-51-43-35-29-28-33-41-49-57-71(7)8)95-78(83)61-53-45-37-27-21-24-32-40-48-56-70(5)6/h68-74,79H,9-67H2,1-8H3,(H,84,85)(H,86,87)/t72?,73-,74-/m1/s1. The predicted molar refractivity (Wildman–Crippen MR) is 395 cm³/mol. The highest BCUT2D eigenvalue weighted by molar-refractivity contribution is 7.47. The molecule has 0 radical (unpaired) electrons. The van der Waals surface area contributed by atoms with Crippen molar-refractivity contribution in [3.05, 3.63) is 0 Å². The quantitative estimate of drug-likeness (QED) is 0.0222. The molecule has 0 aromatic rings. The molecule has 0 rings (SSSR count). The minimum Gasteiger partial charge on any atom is -0.462 e. The Bertz CT molecular complexity index is 1900. The zero-order valence-corrected chi connectivity index (χ0v) is 65.5. The fraction of sp³-hybridized carbons (Fsp3) is 0.949. The van der Waals surface area contributed by atoms with Crippen molar-refractivity contribution in [1.82, 2.24) is 0 Å². The number of hydrogen-bond acceptors (Lipinski definition) is 15. The molecule has 0 aliphatic carbocycles. The van der Waals surface area contributed by atoms with Crippen LogP contribution in [0.4, 0.5) is 0 Å². The number of carbonyl (C=O) groups is 4. The summed E-state index contributed by atoms with van der Waals surface area (Å²) in [6, 6.07) is 0. The third-order valence-corrected chi connectivity index (χ3v) is 20.0. The monoisotopic (exact) mass is 1420 g/mol. The Kier molecular flexibility index (Phi) is 65.9. The molecule has 5 atom stereocenters. The maximum absolute atomic E-state index is 13.1. The summed E-state index contributed by atoms with van der Waals surface area (Å²) in [6.07, 6.45) is 52.8. The van der Waals surface area contributed by atoms with Crippen molar-refractivity contribution in [2.45, 2.75) is 414 Å². The lowest BCUT2D eigenvalue weighted by Crippen LogP contribution is -2.30. The smallest absolute Gasteiger partial charge is 0.462 e. The molecule has 0 saturated heterocycles. The number of unbranched alkanes of at least 4 members (excludes halogenated alkanes) is 41. The van der Waals surface area contributed by atoms with Crippen LogP contribution in [0.15, 0.2) is 0 Å². The van der Waals surface area contributed by atoms with Crippen LogP contribution in [0.2, 0.25) is 0 Å². The average Bonchev–Trinajstić information content (AvgIpc) is 1.59. The first-order valence-corrected chi connectivity index (χ1v) is 43.2. The molecule has 3 N–H and O–H groups in total. The van der Waals surface area contributed by atoms with E-state index in [0.29, 0.717) is 25.7 Å². The van der Waals surface area contributed by atoms with Gasteiger partial charge < -0.3 is 33.8 Å². The van der Waals surface area contributed by atoms with Crippen LogP contribution in [0.3, 0.4) is 0 Å². The zero-order valence-electron chi connectivity index (χ0n) is 63.7. The van der Waals surface area contributed by atoms with Crippen LogP contribution in [-0.2, 0) is 65.4 Å². The summed E-state index contributed by atoms with van der Waals surface area (Å²) in [4.78, 5) is 72.9. The number of ether oxygens (including phenoxy) is 4. The van der Waals surface area contributed by atoms with E-state index in [1.807, 2.05) is 0 Å². The normalized spacial score (nSPS) is 14.1. The lowest BCUT2D eigenvalue weighted by atomic mass is 10.0. The molecule has 19 heteroatoms. The van der Waals surface area contributed by atoms with Crippen LogP contribution in [0.25, 0.3) is 0 Å². The van der Waals surface area contributed by atoms with Crippen LogP contribution in [0.5, 0.6) is 0 Å². The van der Waals surface area contributed by atoms with Crippen molar-refractivity contribution >= 4 is 39.5 Å². The molecule has 17 nitrogen and oxygen atoms in total. The van der Waals surface area contributed by atoms with Gasteiger partial charge in [-0.2, -0.15) is 0 Å². The second-order valence-electron chi connectivity index (χ2n) is 30.0. The van der Waals surface area contributed by atoms with Gasteiger partial charge in [-0.1, -0.05) is 344 Å². The Morgan fingerprint density at radius 3 is 0.639 bits per heavy atom. The SMILES string of the molecule is CC(C)CCCCCCCCCCCCCCCCCC(=O)OC[C@H](COP(=O)(O)OCC(O)COP(=O)(O)OC[C@@H](COC(=O)CCCCCCCCCCC(C)C)OC(=O)CCCCCCCCCCCC(C)C)OC(=O)CCCCCCCCCCCCCCCC(C)C. The molecule has 0 heterocycles. The van der Waals surface area contributed by atoms with E-state index in [0.717, 1.165) is 114 Å². The first-order valence-electron chi connectivity index (χ1n) is 40.2. The van der Waals surface area contributed by atoms with E-state index in [4.69, 9.17) is 37.0 Å². The molecule has 0 spiro atoms. The molecule has 0 aromatic carbocycles. The van der Waals surface area contributed by atoms with Gasteiger partial charge >= 0.3 is 39.5 Å². The number of carbonyl (C=O) groups excluding carboxylic acids is 4. The average molecular weight is 1420 g/mol. The number of hydrogen-bond donors (Lipinski definition) is 3. The van der Waals surface area contributed by atoms with E-state index >= 15 is 0 Å². The first kappa shape index (κ1) is 95.1. The summed E-state index contributed by atoms with van der Waals surface area (Å²) in [6.45, 7) is 14.2. The molecule has 576 valence electrons. The molecule has 3 unspecified atom stereocenters. The van der Waals surface area contributed by atoms with Crippen LogP contribution in [0, 0.1) is 23.7 Å². The summed E-state index contributed by atoms with van der Waals surface area (Å²) in [5, 5.41) is 10.6. The summed E-state index contributed by atoms with van der Waals surface area (Å²) in [5.41, 5.74) is 0. The largest absolute Gasteiger partial charge is 0.472 e. The molecule has 0 amide bonds. The van der Waals surface area contributed by atoms with Gasteiger partial charge in [0.25, 0.3) is 0 Å². The fourth-order valence-corrected chi connectivity index (χ4v) is 13.5. The summed E-state index contributed by atoms with van der Waals surface area (Å²) in [7, 11) is -9.92. The minimum atomic E-state index is -4.96. The summed E-state index contributed by atoms with van der Waals surface area (Å²) >= 11 is 0. The van der Waals surface area contributed by atoms with E-state index < -0.39 is 97.5 Å². The second-order valence-corrected chi connectivity index (χ2v) is 32.9. The van der Waals surface area contributed by atoms with E-state index in [9.17, 15) is 43.2 Å². The van der Waals surface area contributed by atoms with Gasteiger partial charge in [0.05, 0.1) is 26.4 Å². The molecule has 0 fully saturated rings. The highest BCUT2D eigenvalue weighted by Gasteiger charge is 2.30. The Labute approximate surface area is 594 Å². The predicted octanol–water partition coefficient (Wildman–Crippen LogP) is 22.8. The topological polar surface area (TPSA) is 237 Å². The van der Waals surface area contributed by atoms with Gasteiger partial charge in [-0.05, 0) is 49.4 Å². The van der Waals surface area contributed by atoms with E-state index in [1.54, 1.807) is 0 Å². The highest BCUT2D eigenvalue weighted by Crippen LogP contribution is 2.45. The lowest BCUT2D eigenvalue weighted by Gasteiger charge is -2.21. The molecule has 0 saturated carbocycles. The van der Waals surface area contributed by atoms with Gasteiger partial charge in [-0.25, -0.2) is 9.13 Å². The van der Waals surface area contributed by atoms with Gasteiger partial charge in [0.15, 0.2) is 12.2 Å². The third-order valence-electron chi connectivity index (χ3n) is 18.1. The number of phosphoric ester groups is 2. The maximum Gasteiger partial charge on any atom is 0.472 e. The van der Waals surface area contributed by atoms with Crippen LogP contribution >= 0.6 is 15.6 Å². The number of esters is 4. The summed E-state index contributed by atoms with van der Waals surface area (Å²) in [5.74, 6) is 0.937.